The van der Waals surface area contributed by atoms with Gasteiger partial charge in [-0.3, -0.25) is 0 Å². The molecule has 0 saturated heterocycles. The Balaban J connectivity index is 0.000000261. The van der Waals surface area contributed by atoms with Crippen molar-refractivity contribution in [2.24, 2.45) is 0 Å². The van der Waals surface area contributed by atoms with Gasteiger partial charge >= 0.3 is 0 Å². The molecule has 12 heavy (non-hydrogen) atoms. The molecule has 0 spiro atoms. The molecule has 3 heteroatoms. The lowest BCUT2D eigenvalue weighted by atomic mass is 10.3. The molecule has 0 bridgehead atoms. The number of nitrogens with two attached hydrogens (primary N) is 1. The molecule has 2 N–H and O–H groups in total. The van der Waals surface area contributed by atoms with E-state index in [4.69, 9.17) is 5.73 Å². The van der Waals surface area contributed by atoms with E-state index in [-0.39, 0.29) is 5.78 Å². The average molecular weight is 277 g/mol. The van der Waals surface area contributed by atoms with Crippen LogP contribution in [0.3, 0.4) is 0 Å². The van der Waals surface area contributed by atoms with Gasteiger partial charge in [0.15, 0.2) is 0 Å². The number of nitrogen functional groups attached to an aromatic ring is 1. The molecule has 1 aromatic rings. The van der Waals surface area contributed by atoms with Crippen molar-refractivity contribution in [3.8, 4) is 0 Å². The number of benzene rings is 1. The first-order valence-electron chi connectivity index (χ1n) is 3.51. The molecule has 0 heterocycles. The number of hydrogen-bond acceptors (Lipinski definition) is 2. The number of ketones is 1. The van der Waals surface area contributed by atoms with Gasteiger partial charge in [-0.25, -0.2) is 0 Å². The maximum Gasteiger partial charge on any atom is 0.126 e. The zero-order valence-electron chi connectivity index (χ0n) is 7.17. The number of halogens is 1. The van der Waals surface area contributed by atoms with E-state index in [0.29, 0.717) is 0 Å². The van der Waals surface area contributed by atoms with Crippen molar-refractivity contribution in [1.29, 1.82) is 0 Å². The molecular weight excluding hydrogens is 265 g/mol. The number of carbonyl (C=O) groups is 1. The summed E-state index contributed by atoms with van der Waals surface area (Å²) >= 11 is 2.20. The standard InChI is InChI=1S/C6H6IN.C3H6O/c7-5-3-1-2-4-6(5)8;1-3(2)4/h1-4H,8H2;1-2H3. The van der Waals surface area contributed by atoms with E-state index in [0.717, 1.165) is 9.26 Å². The number of rotatable bonds is 0. The minimum absolute atomic E-state index is 0.167. The van der Waals surface area contributed by atoms with Crippen LogP contribution in [-0.4, -0.2) is 5.78 Å². The molecular formula is C9H12INO. The average Bonchev–Trinajstić information content (AvgIpc) is 1.94. The van der Waals surface area contributed by atoms with Gasteiger partial charge < -0.3 is 10.5 Å². The van der Waals surface area contributed by atoms with Crippen LogP contribution in [0, 0.1) is 3.57 Å². The van der Waals surface area contributed by atoms with Crippen molar-refractivity contribution in [3.05, 3.63) is 27.8 Å². The van der Waals surface area contributed by atoms with Crippen LogP contribution in [0.4, 0.5) is 5.69 Å². The quantitative estimate of drug-likeness (QED) is 0.584. The van der Waals surface area contributed by atoms with Crippen LogP contribution < -0.4 is 5.73 Å². The first kappa shape index (κ1) is 11.4. The lowest BCUT2D eigenvalue weighted by Gasteiger charge is -1.91. The van der Waals surface area contributed by atoms with Crippen LogP contribution in [0.1, 0.15) is 13.8 Å². The van der Waals surface area contributed by atoms with Gasteiger partial charge in [0, 0.05) is 9.26 Å². The molecule has 0 fully saturated rings. The molecule has 0 aromatic heterocycles. The Morgan fingerprint density at radius 1 is 1.33 bits per heavy atom. The summed E-state index contributed by atoms with van der Waals surface area (Å²) in [7, 11) is 0. The zero-order valence-corrected chi connectivity index (χ0v) is 9.33. The van der Waals surface area contributed by atoms with Gasteiger partial charge in [-0.05, 0) is 48.6 Å². The first-order chi connectivity index (χ1) is 5.54. The summed E-state index contributed by atoms with van der Waals surface area (Å²) in [5, 5.41) is 0. The van der Waals surface area contributed by atoms with Crippen molar-refractivity contribution < 1.29 is 4.79 Å². The molecule has 1 aromatic carbocycles. The zero-order chi connectivity index (χ0) is 9.56. The van der Waals surface area contributed by atoms with Gasteiger partial charge in [-0.2, -0.15) is 0 Å². The highest BCUT2D eigenvalue weighted by Crippen LogP contribution is 2.11. The Morgan fingerprint density at radius 2 is 1.75 bits per heavy atom. The summed E-state index contributed by atoms with van der Waals surface area (Å²) in [4.78, 5) is 9.44. The van der Waals surface area contributed by atoms with Gasteiger partial charge in [0.2, 0.25) is 0 Å². The lowest BCUT2D eigenvalue weighted by Crippen LogP contribution is -1.85. The summed E-state index contributed by atoms with van der Waals surface area (Å²) < 4.78 is 1.12. The molecule has 66 valence electrons. The second-order valence-electron chi connectivity index (χ2n) is 2.43. The van der Waals surface area contributed by atoms with Crippen LogP contribution in [0.2, 0.25) is 0 Å². The molecule has 0 aliphatic heterocycles. The topological polar surface area (TPSA) is 43.1 Å². The highest BCUT2D eigenvalue weighted by molar-refractivity contribution is 14.1. The van der Waals surface area contributed by atoms with E-state index in [2.05, 4.69) is 22.6 Å². The van der Waals surface area contributed by atoms with Crippen LogP contribution in [0.25, 0.3) is 0 Å². The summed E-state index contributed by atoms with van der Waals surface area (Å²) in [6.45, 7) is 3.06. The van der Waals surface area contributed by atoms with E-state index in [9.17, 15) is 4.79 Å². The van der Waals surface area contributed by atoms with Crippen LogP contribution in [-0.2, 0) is 4.79 Å². The summed E-state index contributed by atoms with van der Waals surface area (Å²) in [6.07, 6.45) is 0. The molecule has 0 aliphatic carbocycles. The van der Waals surface area contributed by atoms with Crippen molar-refractivity contribution in [2.45, 2.75) is 13.8 Å². The summed E-state index contributed by atoms with van der Waals surface area (Å²) in [5.74, 6) is 0.167. The van der Waals surface area contributed by atoms with Gasteiger partial charge in [-0.1, -0.05) is 12.1 Å². The Morgan fingerprint density at radius 3 is 2.00 bits per heavy atom. The van der Waals surface area contributed by atoms with Crippen molar-refractivity contribution >= 4 is 34.1 Å². The fourth-order valence-electron chi connectivity index (χ4n) is 0.475. The molecule has 2 nitrogen and oxygen atoms in total. The number of carbonyl (C=O) groups excluding carboxylic acids is 1. The van der Waals surface area contributed by atoms with Gasteiger partial charge in [0.05, 0.1) is 0 Å². The SMILES string of the molecule is CC(C)=O.Nc1ccccc1I. The van der Waals surface area contributed by atoms with Gasteiger partial charge in [0.25, 0.3) is 0 Å². The fourth-order valence-corrected chi connectivity index (χ4v) is 0.862. The minimum Gasteiger partial charge on any atom is -0.398 e. The third-order valence-corrected chi connectivity index (χ3v) is 1.89. The Bertz CT molecular complexity index is 235. The number of anilines is 1. The van der Waals surface area contributed by atoms with E-state index < -0.39 is 0 Å². The maximum absolute atomic E-state index is 9.44. The molecule has 0 atom stereocenters. The maximum atomic E-state index is 9.44. The smallest absolute Gasteiger partial charge is 0.126 e. The van der Waals surface area contributed by atoms with E-state index >= 15 is 0 Å². The first-order valence-corrected chi connectivity index (χ1v) is 4.59. The van der Waals surface area contributed by atoms with Crippen molar-refractivity contribution in [3.63, 3.8) is 0 Å². The summed E-state index contributed by atoms with van der Waals surface area (Å²) in [6, 6.07) is 7.77. The fraction of sp³-hybridized carbons (Fsp3) is 0.222. The molecule has 0 aliphatic rings. The van der Waals surface area contributed by atoms with Gasteiger partial charge in [-0.15, -0.1) is 0 Å². The van der Waals surface area contributed by atoms with E-state index in [1.54, 1.807) is 0 Å². The third-order valence-electron chi connectivity index (χ3n) is 0.905. The van der Waals surface area contributed by atoms with E-state index in [1.807, 2.05) is 24.3 Å². The highest BCUT2D eigenvalue weighted by atomic mass is 127. The Hall–Kier alpha value is -0.580. The predicted molar refractivity (Wildman–Crippen MR) is 59.9 cm³/mol. The molecule has 0 saturated carbocycles. The second kappa shape index (κ2) is 5.99. The van der Waals surface area contributed by atoms with E-state index in [1.165, 1.54) is 13.8 Å². The van der Waals surface area contributed by atoms with Crippen LogP contribution in [0.5, 0.6) is 0 Å². The number of hydrogen-bond donors (Lipinski definition) is 1. The van der Waals surface area contributed by atoms with Gasteiger partial charge in [0.1, 0.15) is 5.78 Å². The predicted octanol–water partition coefficient (Wildman–Crippen LogP) is 2.47. The highest BCUT2D eigenvalue weighted by Gasteiger charge is 1.86. The van der Waals surface area contributed by atoms with Crippen LogP contribution >= 0.6 is 22.6 Å². The molecule has 0 amide bonds. The van der Waals surface area contributed by atoms with Crippen LogP contribution in [0.15, 0.2) is 24.3 Å². The minimum atomic E-state index is 0.167. The number of para-hydroxylation sites is 1. The normalized spacial score (nSPS) is 8.25. The van der Waals surface area contributed by atoms with Crippen molar-refractivity contribution in [1.82, 2.24) is 0 Å². The molecule has 0 unspecified atom stereocenters. The Kier molecular flexibility index (Phi) is 5.70. The lowest BCUT2D eigenvalue weighted by molar-refractivity contribution is -0.114. The van der Waals surface area contributed by atoms with Crippen molar-refractivity contribution in [2.75, 3.05) is 5.73 Å². The molecule has 1 rings (SSSR count). The third kappa shape index (κ3) is 6.15. The molecule has 0 radical (unpaired) electrons. The summed E-state index contributed by atoms with van der Waals surface area (Å²) in [5.41, 5.74) is 6.37. The monoisotopic (exact) mass is 277 g/mol. The Labute approximate surface area is 86.3 Å². The number of Topliss-reactive ketones (excluding diaryl/α,β-unsaturated/α-hetero) is 1. The largest absolute Gasteiger partial charge is 0.398 e. The second-order valence-corrected chi connectivity index (χ2v) is 3.59.